The summed E-state index contributed by atoms with van der Waals surface area (Å²) in [6.07, 6.45) is 4.72. The molecule has 0 saturated carbocycles. The van der Waals surface area contributed by atoms with Crippen LogP contribution in [0.1, 0.15) is 54.2 Å². The maximum absolute atomic E-state index is 12.2. The summed E-state index contributed by atoms with van der Waals surface area (Å²) in [4.78, 5) is 12.2. The molecule has 24 heavy (non-hydrogen) atoms. The van der Waals surface area contributed by atoms with Crippen LogP contribution in [0.15, 0.2) is 36.5 Å². The van der Waals surface area contributed by atoms with Crippen LogP contribution in [0.4, 0.5) is 0 Å². The maximum atomic E-state index is 12.2. The number of nitrogens with zero attached hydrogens (tertiary/aromatic N) is 3. The van der Waals surface area contributed by atoms with Crippen molar-refractivity contribution in [3.8, 4) is 0 Å². The molecule has 6 nitrogen and oxygen atoms in total. The Morgan fingerprint density at radius 3 is 2.83 bits per heavy atom. The third kappa shape index (κ3) is 4.20. The molecule has 1 aliphatic rings. The molecule has 2 aromatic rings. The van der Waals surface area contributed by atoms with Crippen molar-refractivity contribution in [2.75, 3.05) is 19.6 Å². The van der Waals surface area contributed by atoms with Gasteiger partial charge >= 0.3 is 0 Å². The average Bonchev–Trinajstić information content (AvgIpc) is 3.13. The van der Waals surface area contributed by atoms with Crippen LogP contribution in [-0.2, 0) is 0 Å². The Hall–Kier alpha value is -2.21. The molecule has 1 aromatic heterocycles. The van der Waals surface area contributed by atoms with Gasteiger partial charge in [-0.15, -0.1) is 5.10 Å². The Bertz CT molecular complexity index is 648. The van der Waals surface area contributed by atoms with E-state index < -0.39 is 0 Å². The summed E-state index contributed by atoms with van der Waals surface area (Å²) in [7, 11) is 0. The maximum Gasteiger partial charge on any atom is 0.273 e. The van der Waals surface area contributed by atoms with Crippen LogP contribution in [0.25, 0.3) is 0 Å². The van der Waals surface area contributed by atoms with Gasteiger partial charge in [0.2, 0.25) is 0 Å². The summed E-state index contributed by atoms with van der Waals surface area (Å²) in [5.41, 5.74) is 1.70. The normalized spacial score (nSPS) is 16.7. The van der Waals surface area contributed by atoms with Gasteiger partial charge in [0.25, 0.3) is 5.91 Å². The third-order valence-electron chi connectivity index (χ3n) is 4.66. The fraction of sp³-hybridized carbons (Fsp3) is 0.500. The van der Waals surface area contributed by atoms with Gasteiger partial charge in [0.1, 0.15) is 0 Å². The lowest BCUT2D eigenvalue weighted by atomic mass is 9.98. The van der Waals surface area contributed by atoms with Crippen molar-refractivity contribution in [3.63, 3.8) is 0 Å². The Kier molecular flexibility index (Phi) is 5.59. The number of aromatic nitrogens is 3. The quantitative estimate of drug-likeness (QED) is 0.852. The minimum absolute atomic E-state index is 0.143. The highest BCUT2D eigenvalue weighted by Gasteiger charge is 2.18. The summed E-state index contributed by atoms with van der Waals surface area (Å²) in [6, 6.07) is 10.7. The lowest BCUT2D eigenvalue weighted by molar-refractivity contribution is 0.0947. The highest BCUT2D eigenvalue weighted by molar-refractivity contribution is 5.91. The van der Waals surface area contributed by atoms with E-state index in [2.05, 4.69) is 40.0 Å². The van der Waals surface area contributed by atoms with E-state index in [1.54, 1.807) is 6.20 Å². The van der Waals surface area contributed by atoms with Gasteiger partial charge in [0.15, 0.2) is 5.69 Å². The van der Waals surface area contributed by atoms with Crippen LogP contribution in [0.5, 0.6) is 0 Å². The average molecular weight is 327 g/mol. The molecule has 1 fully saturated rings. The number of carbonyl (C=O) groups is 1. The second kappa shape index (κ2) is 8.06. The second-order valence-corrected chi connectivity index (χ2v) is 6.42. The minimum Gasteiger partial charge on any atom is -0.351 e. The number of piperidine rings is 1. The van der Waals surface area contributed by atoms with Gasteiger partial charge in [-0.3, -0.25) is 4.79 Å². The van der Waals surface area contributed by atoms with Crippen molar-refractivity contribution in [1.29, 1.82) is 0 Å². The summed E-state index contributed by atoms with van der Waals surface area (Å²) in [6.45, 7) is 4.79. The first-order valence-electron chi connectivity index (χ1n) is 8.69. The van der Waals surface area contributed by atoms with E-state index >= 15 is 0 Å². The zero-order chi connectivity index (χ0) is 16.8. The van der Waals surface area contributed by atoms with Gasteiger partial charge in [-0.1, -0.05) is 42.5 Å². The summed E-state index contributed by atoms with van der Waals surface area (Å²) in [5.74, 6) is 0.271. The molecule has 1 saturated heterocycles. The van der Waals surface area contributed by atoms with Gasteiger partial charge in [-0.2, -0.15) is 0 Å². The lowest BCUT2D eigenvalue weighted by Crippen LogP contribution is -2.29. The first kappa shape index (κ1) is 16.6. The number of nitrogens with one attached hydrogen (secondary N) is 2. The van der Waals surface area contributed by atoms with Crippen molar-refractivity contribution >= 4 is 5.91 Å². The molecule has 1 aromatic carbocycles. The van der Waals surface area contributed by atoms with Gasteiger partial charge in [-0.25, -0.2) is 4.68 Å². The van der Waals surface area contributed by atoms with Crippen molar-refractivity contribution in [2.24, 2.45) is 0 Å². The molecule has 0 spiro atoms. The molecule has 6 heteroatoms. The molecule has 2 heterocycles. The topological polar surface area (TPSA) is 71.8 Å². The number of carbonyl (C=O) groups excluding carboxylic acids is 1. The van der Waals surface area contributed by atoms with Crippen molar-refractivity contribution in [1.82, 2.24) is 25.6 Å². The molecule has 2 N–H and O–H groups in total. The number of benzene rings is 1. The zero-order valence-corrected chi connectivity index (χ0v) is 14.1. The van der Waals surface area contributed by atoms with Crippen LogP contribution in [0, 0.1) is 0 Å². The van der Waals surface area contributed by atoms with Crippen LogP contribution < -0.4 is 10.6 Å². The van der Waals surface area contributed by atoms with Crippen LogP contribution in [0.2, 0.25) is 0 Å². The zero-order valence-electron chi connectivity index (χ0n) is 14.1. The number of rotatable bonds is 6. The SMILES string of the molecule is C[C@@H](CCNC(=O)c1cn(C2CCNCC2)nn1)c1ccccc1. The molecule has 1 aliphatic heterocycles. The van der Waals surface area contributed by atoms with Gasteiger partial charge in [0, 0.05) is 6.54 Å². The molecule has 0 radical (unpaired) electrons. The van der Waals surface area contributed by atoms with Crippen molar-refractivity contribution in [3.05, 3.63) is 47.8 Å². The monoisotopic (exact) mass is 327 g/mol. The van der Waals surface area contributed by atoms with Gasteiger partial charge < -0.3 is 10.6 Å². The van der Waals surface area contributed by atoms with E-state index in [4.69, 9.17) is 0 Å². The van der Waals surface area contributed by atoms with E-state index in [1.807, 2.05) is 22.9 Å². The van der Waals surface area contributed by atoms with Gasteiger partial charge in [0.05, 0.1) is 12.2 Å². The van der Waals surface area contributed by atoms with Crippen LogP contribution in [-0.4, -0.2) is 40.5 Å². The van der Waals surface area contributed by atoms with E-state index in [9.17, 15) is 4.79 Å². The van der Waals surface area contributed by atoms with E-state index in [-0.39, 0.29) is 5.91 Å². The molecule has 128 valence electrons. The first-order chi connectivity index (χ1) is 11.7. The smallest absolute Gasteiger partial charge is 0.273 e. The first-order valence-corrected chi connectivity index (χ1v) is 8.69. The fourth-order valence-electron chi connectivity index (χ4n) is 3.07. The molecule has 1 atom stereocenters. The van der Waals surface area contributed by atoms with E-state index in [1.165, 1.54) is 5.56 Å². The summed E-state index contributed by atoms with van der Waals surface area (Å²) >= 11 is 0. The Balaban J connectivity index is 1.47. The molecular weight excluding hydrogens is 302 g/mol. The van der Waals surface area contributed by atoms with Gasteiger partial charge in [-0.05, 0) is 43.8 Å². The van der Waals surface area contributed by atoms with Crippen molar-refractivity contribution < 1.29 is 4.79 Å². The molecule has 3 rings (SSSR count). The lowest BCUT2D eigenvalue weighted by Gasteiger charge is -2.22. The Labute approximate surface area is 142 Å². The predicted molar refractivity (Wildman–Crippen MR) is 93.0 cm³/mol. The Morgan fingerprint density at radius 1 is 1.33 bits per heavy atom. The Morgan fingerprint density at radius 2 is 2.08 bits per heavy atom. The largest absolute Gasteiger partial charge is 0.351 e. The molecule has 1 amide bonds. The van der Waals surface area contributed by atoms with Crippen molar-refractivity contribution in [2.45, 2.75) is 38.1 Å². The fourth-order valence-corrected chi connectivity index (χ4v) is 3.07. The summed E-state index contributed by atoms with van der Waals surface area (Å²) < 4.78 is 1.84. The van der Waals surface area contributed by atoms with E-state index in [0.29, 0.717) is 24.2 Å². The predicted octanol–water partition coefficient (Wildman–Crippen LogP) is 2.13. The summed E-state index contributed by atoms with van der Waals surface area (Å²) in [5, 5.41) is 14.4. The molecular formula is C18H25N5O. The number of hydrogen-bond donors (Lipinski definition) is 2. The van der Waals surface area contributed by atoms with E-state index in [0.717, 1.165) is 32.4 Å². The van der Waals surface area contributed by atoms with Crippen LogP contribution in [0.3, 0.4) is 0 Å². The molecule has 0 unspecified atom stereocenters. The highest BCUT2D eigenvalue weighted by Crippen LogP contribution is 2.18. The standard InChI is InChI=1S/C18H25N5O/c1-14(15-5-3-2-4-6-15)7-12-20-18(24)17-13-23(22-21-17)16-8-10-19-11-9-16/h2-6,13-14,16,19H,7-12H2,1H3,(H,20,24)/t14-/m0/s1. The highest BCUT2D eigenvalue weighted by atomic mass is 16.2. The minimum atomic E-state index is -0.143. The molecule has 0 bridgehead atoms. The van der Waals surface area contributed by atoms with Crippen LogP contribution >= 0.6 is 0 Å². The molecule has 0 aliphatic carbocycles. The second-order valence-electron chi connectivity index (χ2n) is 6.42. The number of hydrogen-bond acceptors (Lipinski definition) is 4. The number of amides is 1. The third-order valence-corrected chi connectivity index (χ3v) is 4.66.